The highest BCUT2D eigenvalue weighted by atomic mass is 15.5. The maximum atomic E-state index is 4.03. The van der Waals surface area contributed by atoms with Crippen molar-refractivity contribution in [3.05, 3.63) is 0 Å². The minimum absolute atomic E-state index is 0.889. The second-order valence-corrected chi connectivity index (χ2v) is 2.24. The van der Waals surface area contributed by atoms with Crippen LogP contribution in [-0.2, 0) is 0 Å². The van der Waals surface area contributed by atoms with Gasteiger partial charge in [-0.05, 0) is 13.3 Å². The van der Waals surface area contributed by atoms with Crippen LogP contribution in [0, 0.1) is 0 Å². The van der Waals surface area contributed by atoms with E-state index in [0.29, 0.717) is 0 Å². The number of rotatable bonds is 2. The highest BCUT2D eigenvalue weighted by molar-refractivity contribution is 5.80. The Kier molecular flexibility index (Phi) is 1.92. The largest absolute Gasteiger partial charge is 0.340 e. The zero-order chi connectivity index (χ0) is 6.69. The van der Waals surface area contributed by atoms with Gasteiger partial charge in [-0.2, -0.15) is 5.10 Å². The summed E-state index contributed by atoms with van der Waals surface area (Å²) in [4.78, 5) is 2.22. The first-order chi connectivity index (χ1) is 4.34. The van der Waals surface area contributed by atoms with Crippen LogP contribution in [0.3, 0.4) is 0 Å². The van der Waals surface area contributed by atoms with Crippen molar-refractivity contribution in [2.75, 3.05) is 13.2 Å². The number of amidine groups is 1. The maximum Gasteiger partial charge on any atom is 0.123 e. The van der Waals surface area contributed by atoms with Crippen LogP contribution in [0.15, 0.2) is 5.10 Å². The van der Waals surface area contributed by atoms with Crippen LogP contribution in [0.25, 0.3) is 0 Å². The molecule has 1 aliphatic heterocycles. The molecule has 1 heterocycles. The SMILES string of the molecule is CCCN1CNN=C1C. The van der Waals surface area contributed by atoms with Gasteiger partial charge in [0.05, 0.1) is 0 Å². The van der Waals surface area contributed by atoms with E-state index in [1.807, 2.05) is 6.92 Å². The Morgan fingerprint density at radius 3 is 3.00 bits per heavy atom. The third-order valence-electron chi connectivity index (χ3n) is 1.45. The van der Waals surface area contributed by atoms with E-state index in [1.165, 1.54) is 6.42 Å². The molecule has 0 saturated carbocycles. The summed E-state index contributed by atoms with van der Waals surface area (Å²) in [7, 11) is 0. The second-order valence-electron chi connectivity index (χ2n) is 2.24. The molecule has 0 unspecified atom stereocenters. The molecular formula is C6H13N3. The van der Waals surface area contributed by atoms with Crippen LogP contribution < -0.4 is 5.43 Å². The molecule has 0 aliphatic carbocycles. The molecule has 1 aliphatic rings. The molecule has 0 fully saturated rings. The fourth-order valence-corrected chi connectivity index (χ4v) is 0.931. The average Bonchev–Trinajstić information content (AvgIpc) is 2.18. The number of hydrazone groups is 1. The smallest absolute Gasteiger partial charge is 0.123 e. The topological polar surface area (TPSA) is 27.6 Å². The molecule has 1 N–H and O–H groups in total. The van der Waals surface area contributed by atoms with Crippen LogP contribution in [0.1, 0.15) is 20.3 Å². The summed E-state index contributed by atoms with van der Waals surface area (Å²) in [5.41, 5.74) is 2.92. The minimum atomic E-state index is 0.889. The zero-order valence-corrected chi connectivity index (χ0v) is 6.02. The zero-order valence-electron chi connectivity index (χ0n) is 6.02. The van der Waals surface area contributed by atoms with Crippen molar-refractivity contribution in [2.24, 2.45) is 5.10 Å². The van der Waals surface area contributed by atoms with Gasteiger partial charge in [-0.3, -0.25) is 5.43 Å². The third kappa shape index (κ3) is 1.34. The quantitative estimate of drug-likeness (QED) is 0.588. The van der Waals surface area contributed by atoms with Gasteiger partial charge in [0, 0.05) is 6.54 Å². The van der Waals surface area contributed by atoms with E-state index >= 15 is 0 Å². The van der Waals surface area contributed by atoms with Gasteiger partial charge < -0.3 is 4.90 Å². The molecule has 3 heteroatoms. The second kappa shape index (κ2) is 2.71. The molecule has 0 radical (unpaired) electrons. The molecule has 52 valence electrons. The van der Waals surface area contributed by atoms with Crippen molar-refractivity contribution >= 4 is 5.84 Å². The number of hydrogen-bond donors (Lipinski definition) is 1. The minimum Gasteiger partial charge on any atom is -0.340 e. The summed E-state index contributed by atoms with van der Waals surface area (Å²) in [6, 6.07) is 0. The standard InChI is InChI=1S/C6H13N3/c1-3-4-9-5-7-8-6(9)2/h7H,3-5H2,1-2H3. The van der Waals surface area contributed by atoms with Gasteiger partial charge in [0.25, 0.3) is 0 Å². The van der Waals surface area contributed by atoms with Gasteiger partial charge in [-0.25, -0.2) is 0 Å². The lowest BCUT2D eigenvalue weighted by atomic mass is 10.4. The highest BCUT2D eigenvalue weighted by Gasteiger charge is 2.08. The van der Waals surface area contributed by atoms with E-state index in [0.717, 1.165) is 19.0 Å². The first-order valence-corrected chi connectivity index (χ1v) is 3.36. The van der Waals surface area contributed by atoms with Gasteiger partial charge in [-0.1, -0.05) is 6.92 Å². The Labute approximate surface area is 55.7 Å². The fraction of sp³-hybridized carbons (Fsp3) is 0.833. The summed E-state index contributed by atoms with van der Waals surface area (Å²) in [6.45, 7) is 6.20. The molecule has 0 spiro atoms. The van der Waals surface area contributed by atoms with Gasteiger partial charge >= 0.3 is 0 Å². The molecule has 0 aromatic carbocycles. The third-order valence-corrected chi connectivity index (χ3v) is 1.45. The molecule has 0 saturated heterocycles. The van der Waals surface area contributed by atoms with Crippen LogP contribution in [-0.4, -0.2) is 23.9 Å². The van der Waals surface area contributed by atoms with E-state index in [9.17, 15) is 0 Å². The van der Waals surface area contributed by atoms with E-state index in [-0.39, 0.29) is 0 Å². The van der Waals surface area contributed by atoms with Crippen molar-refractivity contribution in [3.8, 4) is 0 Å². The van der Waals surface area contributed by atoms with Crippen molar-refractivity contribution in [1.82, 2.24) is 10.3 Å². The molecule has 0 atom stereocenters. The summed E-state index contributed by atoms with van der Waals surface area (Å²) in [5, 5.41) is 4.03. The summed E-state index contributed by atoms with van der Waals surface area (Å²) in [6.07, 6.45) is 1.19. The van der Waals surface area contributed by atoms with Gasteiger partial charge in [0.2, 0.25) is 0 Å². The van der Waals surface area contributed by atoms with Crippen molar-refractivity contribution in [1.29, 1.82) is 0 Å². The Bertz CT molecular complexity index is 119. The average molecular weight is 127 g/mol. The predicted octanol–water partition coefficient (Wildman–Crippen LogP) is 0.592. The lowest BCUT2D eigenvalue weighted by Gasteiger charge is -2.14. The van der Waals surface area contributed by atoms with Crippen LogP contribution >= 0.6 is 0 Å². The Hall–Kier alpha value is -0.730. The first-order valence-electron chi connectivity index (χ1n) is 3.36. The Morgan fingerprint density at radius 2 is 2.56 bits per heavy atom. The van der Waals surface area contributed by atoms with Crippen molar-refractivity contribution in [3.63, 3.8) is 0 Å². The van der Waals surface area contributed by atoms with Gasteiger partial charge in [-0.15, -0.1) is 0 Å². The first kappa shape index (κ1) is 6.39. The lowest BCUT2D eigenvalue weighted by molar-refractivity contribution is 0.422. The molecule has 0 aromatic rings. The summed E-state index contributed by atoms with van der Waals surface area (Å²) < 4.78 is 0. The summed E-state index contributed by atoms with van der Waals surface area (Å²) in [5.74, 6) is 1.11. The van der Waals surface area contributed by atoms with Crippen molar-refractivity contribution < 1.29 is 0 Å². The lowest BCUT2D eigenvalue weighted by Crippen LogP contribution is -2.28. The van der Waals surface area contributed by atoms with Crippen LogP contribution in [0.2, 0.25) is 0 Å². The molecule has 9 heavy (non-hydrogen) atoms. The van der Waals surface area contributed by atoms with Gasteiger partial charge in [0.15, 0.2) is 0 Å². The van der Waals surface area contributed by atoms with Crippen molar-refractivity contribution in [2.45, 2.75) is 20.3 Å². The number of nitrogens with one attached hydrogen (secondary N) is 1. The fourth-order valence-electron chi connectivity index (χ4n) is 0.931. The van der Waals surface area contributed by atoms with E-state index < -0.39 is 0 Å². The predicted molar refractivity (Wildman–Crippen MR) is 38.1 cm³/mol. The maximum absolute atomic E-state index is 4.03. The number of hydrogen-bond acceptors (Lipinski definition) is 3. The Balaban J connectivity index is 2.34. The number of nitrogens with zero attached hydrogens (tertiary/aromatic N) is 2. The monoisotopic (exact) mass is 127 g/mol. The van der Waals surface area contributed by atoms with E-state index in [2.05, 4.69) is 22.4 Å². The molecule has 3 nitrogen and oxygen atoms in total. The molecule has 1 rings (SSSR count). The normalized spacial score (nSPS) is 17.6. The van der Waals surface area contributed by atoms with E-state index in [1.54, 1.807) is 0 Å². The molecule has 0 bridgehead atoms. The van der Waals surface area contributed by atoms with Gasteiger partial charge in [0.1, 0.15) is 12.5 Å². The van der Waals surface area contributed by atoms with Crippen LogP contribution in [0.5, 0.6) is 0 Å². The van der Waals surface area contributed by atoms with E-state index in [4.69, 9.17) is 0 Å². The summed E-state index contributed by atoms with van der Waals surface area (Å²) >= 11 is 0. The van der Waals surface area contributed by atoms with Crippen LogP contribution in [0.4, 0.5) is 0 Å². The Morgan fingerprint density at radius 1 is 1.78 bits per heavy atom. The molecular weight excluding hydrogens is 114 g/mol. The molecule has 0 amide bonds. The molecule has 0 aromatic heterocycles. The highest BCUT2D eigenvalue weighted by Crippen LogP contribution is 1.96.